The third-order valence-electron chi connectivity index (χ3n) is 5.53. The third-order valence-corrected chi connectivity index (χ3v) is 5.53. The van der Waals surface area contributed by atoms with Crippen LogP contribution >= 0.6 is 0 Å². The van der Waals surface area contributed by atoms with Gasteiger partial charge in [-0.25, -0.2) is 0 Å². The van der Waals surface area contributed by atoms with E-state index in [4.69, 9.17) is 4.74 Å². The molecule has 0 radical (unpaired) electrons. The summed E-state index contributed by atoms with van der Waals surface area (Å²) < 4.78 is 5.67. The van der Waals surface area contributed by atoms with Gasteiger partial charge in [0.1, 0.15) is 5.60 Å². The monoisotopic (exact) mass is 280 g/mol. The number of hydrogen-bond acceptors (Lipinski definition) is 4. The van der Waals surface area contributed by atoms with Crippen molar-refractivity contribution in [3.05, 3.63) is 0 Å². The zero-order valence-corrected chi connectivity index (χ0v) is 13.2. The van der Waals surface area contributed by atoms with Crippen LogP contribution in [0.25, 0.3) is 0 Å². The van der Waals surface area contributed by atoms with Crippen LogP contribution in [0.1, 0.15) is 46.5 Å². The van der Waals surface area contributed by atoms with Gasteiger partial charge >= 0.3 is 5.97 Å². The fraction of sp³-hybridized carbons (Fsp3) is 0.938. The Balaban J connectivity index is 1.77. The van der Waals surface area contributed by atoms with Crippen LogP contribution in [0, 0.1) is 11.3 Å². The van der Waals surface area contributed by atoms with Gasteiger partial charge in [0.25, 0.3) is 0 Å². The fourth-order valence-electron chi connectivity index (χ4n) is 4.54. The van der Waals surface area contributed by atoms with Gasteiger partial charge in [-0.2, -0.15) is 0 Å². The second kappa shape index (κ2) is 4.70. The Morgan fingerprint density at radius 2 is 1.85 bits per heavy atom. The van der Waals surface area contributed by atoms with E-state index in [2.05, 4.69) is 17.3 Å². The SMILES string of the molecule is CN1C2CCC1CC1(CNCC1C(=O)OC(C)(C)C)C2. The summed E-state index contributed by atoms with van der Waals surface area (Å²) in [6.45, 7) is 7.64. The maximum Gasteiger partial charge on any atom is 0.311 e. The van der Waals surface area contributed by atoms with Gasteiger partial charge in [0.2, 0.25) is 0 Å². The number of rotatable bonds is 1. The molecule has 1 N–H and O–H groups in total. The molecule has 0 aliphatic carbocycles. The van der Waals surface area contributed by atoms with Crippen molar-refractivity contribution in [1.29, 1.82) is 0 Å². The summed E-state index contributed by atoms with van der Waals surface area (Å²) >= 11 is 0. The molecule has 3 fully saturated rings. The number of ether oxygens (including phenoxy) is 1. The van der Waals surface area contributed by atoms with Crippen LogP contribution < -0.4 is 5.32 Å². The number of nitrogens with one attached hydrogen (secondary N) is 1. The Kier molecular flexibility index (Phi) is 3.37. The highest BCUT2D eigenvalue weighted by Gasteiger charge is 2.55. The second-order valence-corrected chi connectivity index (χ2v) is 8.04. The number of fused-ring (bicyclic) bond motifs is 2. The van der Waals surface area contributed by atoms with E-state index in [0.717, 1.165) is 25.9 Å². The van der Waals surface area contributed by atoms with Gasteiger partial charge in [-0.3, -0.25) is 4.79 Å². The molecule has 0 saturated carbocycles. The Morgan fingerprint density at radius 3 is 2.40 bits per heavy atom. The summed E-state index contributed by atoms with van der Waals surface area (Å²) in [5.41, 5.74) is -0.244. The minimum atomic E-state index is -0.384. The average molecular weight is 280 g/mol. The van der Waals surface area contributed by atoms with Crippen molar-refractivity contribution in [2.24, 2.45) is 11.3 Å². The normalized spacial score (nSPS) is 41.3. The Bertz CT molecular complexity index is 388. The lowest BCUT2D eigenvalue weighted by atomic mass is 9.68. The summed E-state index contributed by atoms with van der Waals surface area (Å²) in [4.78, 5) is 15.1. The first-order chi connectivity index (χ1) is 9.31. The Hall–Kier alpha value is -0.610. The van der Waals surface area contributed by atoms with Crippen molar-refractivity contribution in [2.75, 3.05) is 20.1 Å². The maximum atomic E-state index is 12.6. The van der Waals surface area contributed by atoms with Gasteiger partial charge in [-0.1, -0.05) is 0 Å². The van der Waals surface area contributed by atoms with Gasteiger partial charge in [0, 0.05) is 30.6 Å². The zero-order valence-electron chi connectivity index (χ0n) is 13.2. The topological polar surface area (TPSA) is 41.6 Å². The van der Waals surface area contributed by atoms with Crippen LogP contribution in [0.2, 0.25) is 0 Å². The number of carbonyl (C=O) groups is 1. The smallest absolute Gasteiger partial charge is 0.311 e. The molecule has 4 heteroatoms. The molecule has 3 atom stereocenters. The first-order valence-corrected chi connectivity index (χ1v) is 7.96. The van der Waals surface area contributed by atoms with Gasteiger partial charge < -0.3 is 15.0 Å². The first kappa shape index (κ1) is 14.3. The van der Waals surface area contributed by atoms with Crippen molar-refractivity contribution in [1.82, 2.24) is 10.2 Å². The molecular weight excluding hydrogens is 252 g/mol. The quantitative estimate of drug-likeness (QED) is 0.744. The molecule has 114 valence electrons. The molecule has 3 saturated heterocycles. The van der Waals surface area contributed by atoms with Gasteiger partial charge in [-0.15, -0.1) is 0 Å². The highest BCUT2D eigenvalue weighted by molar-refractivity contribution is 5.75. The zero-order chi connectivity index (χ0) is 14.5. The summed E-state index contributed by atoms with van der Waals surface area (Å²) in [6, 6.07) is 1.33. The minimum absolute atomic E-state index is 0.00598. The molecule has 3 heterocycles. The van der Waals surface area contributed by atoms with E-state index in [1.807, 2.05) is 20.8 Å². The predicted octanol–water partition coefficient (Wildman–Crippen LogP) is 1.79. The molecule has 20 heavy (non-hydrogen) atoms. The molecule has 0 aromatic rings. The summed E-state index contributed by atoms with van der Waals surface area (Å²) in [7, 11) is 2.25. The summed E-state index contributed by atoms with van der Waals surface area (Å²) in [5.74, 6) is 0.0463. The second-order valence-electron chi connectivity index (χ2n) is 8.04. The standard InChI is InChI=1S/C16H28N2O2/c1-15(2,3)20-14(19)13-9-17-10-16(13)7-11-5-6-12(8-16)18(11)4/h11-13,17H,5-10H2,1-4H3. The molecule has 0 aromatic carbocycles. The molecule has 3 unspecified atom stereocenters. The van der Waals surface area contributed by atoms with Gasteiger partial charge in [-0.05, 0) is 53.5 Å². The van der Waals surface area contributed by atoms with Crippen molar-refractivity contribution in [3.8, 4) is 0 Å². The largest absolute Gasteiger partial charge is 0.460 e. The average Bonchev–Trinajstić information content (AvgIpc) is 2.78. The lowest BCUT2D eigenvalue weighted by molar-refractivity contribution is -0.164. The molecule has 3 aliphatic rings. The van der Waals surface area contributed by atoms with E-state index in [9.17, 15) is 4.79 Å². The molecule has 1 spiro atoms. The van der Waals surface area contributed by atoms with Gasteiger partial charge in [0.15, 0.2) is 0 Å². The number of esters is 1. The van der Waals surface area contributed by atoms with Crippen LogP contribution in [0.4, 0.5) is 0 Å². The molecule has 0 amide bonds. The predicted molar refractivity (Wildman–Crippen MR) is 78.4 cm³/mol. The minimum Gasteiger partial charge on any atom is -0.460 e. The van der Waals surface area contributed by atoms with Crippen molar-refractivity contribution in [2.45, 2.75) is 64.1 Å². The van der Waals surface area contributed by atoms with E-state index >= 15 is 0 Å². The molecule has 0 aromatic heterocycles. The molecule has 3 aliphatic heterocycles. The summed E-state index contributed by atoms with van der Waals surface area (Å²) in [6.07, 6.45) is 4.89. The maximum absolute atomic E-state index is 12.6. The van der Waals surface area contributed by atoms with E-state index in [-0.39, 0.29) is 22.9 Å². The van der Waals surface area contributed by atoms with Crippen LogP contribution in [0.15, 0.2) is 0 Å². The number of piperidine rings is 1. The highest BCUT2D eigenvalue weighted by Crippen LogP contribution is 2.50. The molecule has 3 rings (SSSR count). The molecule has 4 nitrogen and oxygen atoms in total. The van der Waals surface area contributed by atoms with Crippen LogP contribution in [-0.4, -0.2) is 48.7 Å². The van der Waals surface area contributed by atoms with E-state index in [1.165, 1.54) is 12.8 Å². The van der Waals surface area contributed by atoms with E-state index < -0.39 is 0 Å². The highest BCUT2D eigenvalue weighted by atomic mass is 16.6. The van der Waals surface area contributed by atoms with Crippen LogP contribution in [0.5, 0.6) is 0 Å². The van der Waals surface area contributed by atoms with Crippen molar-refractivity contribution >= 4 is 5.97 Å². The van der Waals surface area contributed by atoms with E-state index in [0.29, 0.717) is 12.1 Å². The van der Waals surface area contributed by atoms with E-state index in [1.54, 1.807) is 0 Å². The molecular formula is C16H28N2O2. The third kappa shape index (κ3) is 2.37. The Labute approximate surface area is 122 Å². The number of nitrogens with zero attached hydrogens (tertiary/aromatic N) is 1. The van der Waals surface area contributed by atoms with Crippen molar-refractivity contribution in [3.63, 3.8) is 0 Å². The number of hydrogen-bond donors (Lipinski definition) is 1. The van der Waals surface area contributed by atoms with Crippen LogP contribution in [0.3, 0.4) is 0 Å². The first-order valence-electron chi connectivity index (χ1n) is 7.96. The molecule has 2 bridgehead atoms. The fourth-order valence-corrected chi connectivity index (χ4v) is 4.54. The van der Waals surface area contributed by atoms with Gasteiger partial charge in [0.05, 0.1) is 5.92 Å². The van der Waals surface area contributed by atoms with Crippen LogP contribution in [-0.2, 0) is 9.53 Å². The number of carbonyl (C=O) groups excluding carboxylic acids is 1. The lowest BCUT2D eigenvalue weighted by Crippen LogP contribution is -2.50. The van der Waals surface area contributed by atoms with Crippen molar-refractivity contribution < 1.29 is 9.53 Å². The summed E-state index contributed by atoms with van der Waals surface area (Å²) in [5, 5.41) is 3.46. The lowest BCUT2D eigenvalue weighted by Gasteiger charge is -2.45. The Morgan fingerprint density at radius 1 is 1.25 bits per heavy atom.